The number of aromatic nitrogens is 2. The third kappa shape index (κ3) is 4.61. The molecule has 8 nitrogen and oxygen atoms in total. The van der Waals surface area contributed by atoms with Gasteiger partial charge in [-0.15, -0.1) is 0 Å². The molecule has 0 spiro atoms. The van der Waals surface area contributed by atoms with Gasteiger partial charge in [0.1, 0.15) is 17.4 Å². The summed E-state index contributed by atoms with van der Waals surface area (Å²) in [6.07, 6.45) is -3.76. The molecule has 0 aliphatic carbocycles. The van der Waals surface area contributed by atoms with Crippen molar-refractivity contribution in [2.45, 2.75) is 51.1 Å². The highest BCUT2D eigenvalue weighted by atomic mass is 35.5. The van der Waals surface area contributed by atoms with Crippen molar-refractivity contribution in [2.75, 3.05) is 13.2 Å². The van der Waals surface area contributed by atoms with Crippen molar-refractivity contribution in [3.63, 3.8) is 0 Å². The molecular weight excluding hydrogens is 397 g/mol. The predicted molar refractivity (Wildman–Crippen MR) is 90.1 cm³/mol. The minimum atomic E-state index is -4.06. The van der Waals surface area contributed by atoms with Crippen LogP contribution < -0.4 is 11.2 Å². The molecule has 1 saturated heterocycles. The van der Waals surface area contributed by atoms with Gasteiger partial charge in [-0.3, -0.25) is 18.9 Å². The Hall–Kier alpha value is -1.06. The molecule has 0 aromatic carbocycles. The highest BCUT2D eigenvalue weighted by Crippen LogP contribution is 2.56. The summed E-state index contributed by atoms with van der Waals surface area (Å²) in [7, 11) is -4.06. The standard InChI is InChI=1S/C14H20ClF2N2O6P/c1-3-23-26(22,24-4-2)11(17)6-10-9(16)5-12(25-10)19-7-8(15)13(20)18-14(19)21/h7,9-12H,3-6H2,1-2H3,(H,18,20,21)/t9?,10-,11?,12-/m0/s1. The number of H-pyrrole nitrogens is 1. The van der Waals surface area contributed by atoms with Crippen molar-refractivity contribution < 1.29 is 27.1 Å². The zero-order valence-electron chi connectivity index (χ0n) is 14.2. The number of alkyl halides is 2. The number of ether oxygens (including phenoxy) is 1. The second kappa shape index (κ2) is 8.75. The van der Waals surface area contributed by atoms with Crippen LogP contribution in [0.3, 0.4) is 0 Å². The van der Waals surface area contributed by atoms with Gasteiger partial charge in [-0.2, -0.15) is 0 Å². The molecule has 1 fully saturated rings. The molecule has 1 aliphatic rings. The van der Waals surface area contributed by atoms with Crippen molar-refractivity contribution in [2.24, 2.45) is 0 Å². The number of hydrogen-bond acceptors (Lipinski definition) is 6. The SMILES string of the molecule is CCOP(=O)(OCC)C(F)C[C@@H]1O[C@H](n2cc(Cl)c(=O)[nH]c2=O)CC1F. The van der Waals surface area contributed by atoms with Crippen LogP contribution in [-0.2, 0) is 18.3 Å². The number of rotatable bonds is 8. The molecule has 1 aliphatic heterocycles. The Morgan fingerprint density at radius 1 is 1.42 bits per heavy atom. The first-order chi connectivity index (χ1) is 12.2. The summed E-state index contributed by atoms with van der Waals surface area (Å²) in [6.45, 7) is 3.00. The van der Waals surface area contributed by atoms with Gasteiger partial charge >= 0.3 is 13.3 Å². The van der Waals surface area contributed by atoms with Gasteiger partial charge in [-0.05, 0) is 13.8 Å². The van der Waals surface area contributed by atoms with Crippen molar-refractivity contribution >= 4 is 19.2 Å². The van der Waals surface area contributed by atoms with Crippen LogP contribution in [0.2, 0.25) is 5.02 Å². The minimum Gasteiger partial charge on any atom is -0.351 e. The van der Waals surface area contributed by atoms with Gasteiger partial charge in [0.2, 0.25) is 5.91 Å². The first-order valence-electron chi connectivity index (χ1n) is 8.05. The van der Waals surface area contributed by atoms with E-state index in [1.165, 1.54) is 13.8 Å². The van der Waals surface area contributed by atoms with E-state index in [1.54, 1.807) is 0 Å². The first kappa shape index (κ1) is 21.2. The summed E-state index contributed by atoms with van der Waals surface area (Å²) in [5.74, 6) is -2.08. The maximum Gasteiger partial charge on any atom is 0.364 e. The lowest BCUT2D eigenvalue weighted by molar-refractivity contribution is -0.0209. The monoisotopic (exact) mass is 416 g/mol. The Bertz CT molecular complexity index is 777. The normalized spacial score (nSPS) is 24.7. The van der Waals surface area contributed by atoms with Crippen LogP contribution in [0.25, 0.3) is 0 Å². The lowest BCUT2D eigenvalue weighted by Gasteiger charge is -2.23. The van der Waals surface area contributed by atoms with Crippen LogP contribution in [-0.4, -0.2) is 41.0 Å². The van der Waals surface area contributed by atoms with Gasteiger partial charge in [-0.1, -0.05) is 11.6 Å². The van der Waals surface area contributed by atoms with E-state index < -0.39 is 49.7 Å². The second-order valence-electron chi connectivity index (χ2n) is 5.57. The molecule has 1 aromatic heterocycles. The summed E-state index contributed by atoms with van der Waals surface area (Å²) in [5.41, 5.74) is -1.61. The van der Waals surface area contributed by atoms with E-state index in [0.717, 1.165) is 10.8 Å². The molecule has 2 heterocycles. The molecule has 4 atom stereocenters. The highest BCUT2D eigenvalue weighted by molar-refractivity contribution is 7.54. The summed E-state index contributed by atoms with van der Waals surface area (Å²) < 4.78 is 57.3. The molecular formula is C14H20ClF2N2O6P. The average Bonchev–Trinajstić information content (AvgIpc) is 2.92. The summed E-state index contributed by atoms with van der Waals surface area (Å²) in [4.78, 5) is 25.1. The number of nitrogens with zero attached hydrogens (tertiary/aromatic N) is 1. The van der Waals surface area contributed by atoms with Gasteiger partial charge in [0.15, 0.2) is 0 Å². The van der Waals surface area contributed by atoms with Crippen LogP contribution >= 0.6 is 19.2 Å². The van der Waals surface area contributed by atoms with E-state index in [4.69, 9.17) is 25.4 Å². The highest BCUT2D eigenvalue weighted by Gasteiger charge is 2.44. The maximum absolute atomic E-state index is 14.5. The first-order valence-corrected chi connectivity index (χ1v) is 10.0. The number of aromatic amines is 1. The zero-order valence-corrected chi connectivity index (χ0v) is 15.8. The second-order valence-corrected chi connectivity index (χ2v) is 8.13. The molecule has 1 N–H and O–H groups in total. The average molecular weight is 417 g/mol. The number of halogens is 3. The molecule has 0 bridgehead atoms. The van der Waals surface area contributed by atoms with Crippen LogP contribution in [0.15, 0.2) is 15.8 Å². The Labute approximate surface area is 152 Å². The summed E-state index contributed by atoms with van der Waals surface area (Å²) in [5, 5.41) is -0.271. The van der Waals surface area contributed by atoms with Gasteiger partial charge in [0.25, 0.3) is 5.56 Å². The van der Waals surface area contributed by atoms with Crippen molar-refractivity contribution in [3.8, 4) is 0 Å². The largest absolute Gasteiger partial charge is 0.364 e. The fraction of sp³-hybridized carbons (Fsp3) is 0.714. The minimum absolute atomic E-state index is 0.0316. The van der Waals surface area contributed by atoms with E-state index in [0.29, 0.717) is 0 Å². The summed E-state index contributed by atoms with van der Waals surface area (Å²) in [6, 6.07) is 0. The smallest absolute Gasteiger partial charge is 0.351 e. The molecule has 2 unspecified atom stereocenters. The topological polar surface area (TPSA) is 99.6 Å². The van der Waals surface area contributed by atoms with E-state index in [-0.39, 0.29) is 24.7 Å². The fourth-order valence-corrected chi connectivity index (χ4v) is 4.36. The van der Waals surface area contributed by atoms with E-state index in [9.17, 15) is 22.9 Å². The molecule has 148 valence electrons. The van der Waals surface area contributed by atoms with Gasteiger partial charge in [-0.25, -0.2) is 13.6 Å². The summed E-state index contributed by atoms with van der Waals surface area (Å²) >= 11 is 5.67. The third-order valence-corrected chi connectivity index (χ3v) is 6.19. The Balaban J connectivity index is 2.14. The predicted octanol–water partition coefficient (Wildman–Crippen LogP) is 2.77. The van der Waals surface area contributed by atoms with Crippen molar-refractivity contribution in [3.05, 3.63) is 32.1 Å². The van der Waals surface area contributed by atoms with Gasteiger partial charge in [0, 0.05) is 19.0 Å². The zero-order chi connectivity index (χ0) is 19.5. The lowest BCUT2D eigenvalue weighted by atomic mass is 10.1. The molecule has 0 saturated carbocycles. The van der Waals surface area contributed by atoms with Gasteiger partial charge < -0.3 is 13.8 Å². The Morgan fingerprint density at radius 2 is 2.04 bits per heavy atom. The third-order valence-electron chi connectivity index (χ3n) is 3.78. The van der Waals surface area contributed by atoms with Crippen molar-refractivity contribution in [1.82, 2.24) is 9.55 Å². The Kier molecular flexibility index (Phi) is 7.15. The molecule has 2 rings (SSSR count). The number of nitrogens with one attached hydrogen (secondary N) is 1. The number of hydrogen-bond donors (Lipinski definition) is 1. The van der Waals surface area contributed by atoms with Crippen LogP contribution in [0.5, 0.6) is 0 Å². The molecule has 0 amide bonds. The fourth-order valence-electron chi connectivity index (χ4n) is 2.62. The van der Waals surface area contributed by atoms with Gasteiger partial charge in [0.05, 0.1) is 19.3 Å². The van der Waals surface area contributed by atoms with E-state index >= 15 is 0 Å². The van der Waals surface area contributed by atoms with E-state index in [1.807, 2.05) is 4.98 Å². The molecule has 0 radical (unpaired) electrons. The van der Waals surface area contributed by atoms with Crippen LogP contribution in [0.4, 0.5) is 8.78 Å². The Morgan fingerprint density at radius 3 is 2.62 bits per heavy atom. The van der Waals surface area contributed by atoms with Crippen LogP contribution in [0, 0.1) is 0 Å². The van der Waals surface area contributed by atoms with E-state index in [2.05, 4.69) is 0 Å². The van der Waals surface area contributed by atoms with Crippen LogP contribution in [0.1, 0.15) is 32.9 Å². The van der Waals surface area contributed by atoms with Crippen molar-refractivity contribution in [1.29, 1.82) is 0 Å². The molecule has 12 heteroatoms. The molecule has 26 heavy (non-hydrogen) atoms. The molecule has 1 aromatic rings. The quantitative estimate of drug-likeness (QED) is 0.654. The lowest BCUT2D eigenvalue weighted by Crippen LogP contribution is -2.32. The maximum atomic E-state index is 14.5.